The van der Waals surface area contributed by atoms with Gasteiger partial charge in [-0.1, -0.05) is 11.8 Å². The Hall–Kier alpha value is -0.990. The molecule has 5 heteroatoms. The zero-order valence-corrected chi connectivity index (χ0v) is 8.96. The monoisotopic (exact) mass is 211 g/mol. The highest BCUT2D eigenvalue weighted by Gasteiger charge is 2.02. The molecule has 0 N–H and O–H groups in total. The van der Waals surface area contributed by atoms with Crippen molar-refractivity contribution in [3.8, 4) is 6.07 Å². The molecule has 0 radical (unpaired) electrons. The summed E-state index contributed by atoms with van der Waals surface area (Å²) in [5.41, 5.74) is 0. The van der Waals surface area contributed by atoms with Crippen LogP contribution in [0.3, 0.4) is 0 Å². The largest absolute Gasteiger partial charge is 0.383 e. The maximum atomic E-state index is 8.40. The summed E-state index contributed by atoms with van der Waals surface area (Å²) in [6.07, 6.45) is 4.25. The molecule has 1 heterocycles. The second-order valence-corrected chi connectivity index (χ2v) is 3.71. The van der Waals surface area contributed by atoms with Crippen molar-refractivity contribution in [2.45, 2.75) is 18.1 Å². The first-order chi connectivity index (χ1) is 6.88. The van der Waals surface area contributed by atoms with E-state index in [-0.39, 0.29) is 0 Å². The number of nitrogens with zero attached hydrogens (tertiary/aromatic N) is 3. The van der Waals surface area contributed by atoms with Gasteiger partial charge in [-0.2, -0.15) is 5.26 Å². The van der Waals surface area contributed by atoms with Gasteiger partial charge in [0, 0.05) is 38.2 Å². The first-order valence-corrected chi connectivity index (χ1v) is 5.37. The van der Waals surface area contributed by atoms with E-state index in [1.807, 2.05) is 10.8 Å². The topological polar surface area (TPSA) is 50.8 Å². The molecule has 0 aromatic carbocycles. The molecule has 0 bridgehead atoms. The lowest BCUT2D eigenvalue weighted by atomic mass is 10.6. The standard InChI is InChI=1S/C9H13N3OS/c1-13-7-6-12-5-4-11-9(12)14-8-2-3-10/h4-5H,2,6-8H2,1H3. The van der Waals surface area contributed by atoms with Gasteiger partial charge in [-0.3, -0.25) is 0 Å². The van der Waals surface area contributed by atoms with E-state index in [0.717, 1.165) is 17.5 Å². The molecule has 1 rings (SSSR count). The molecule has 76 valence electrons. The van der Waals surface area contributed by atoms with Crippen molar-refractivity contribution in [1.82, 2.24) is 9.55 Å². The van der Waals surface area contributed by atoms with E-state index in [1.54, 1.807) is 25.1 Å². The van der Waals surface area contributed by atoms with Crippen LogP contribution in [0.15, 0.2) is 17.6 Å². The number of thioether (sulfide) groups is 1. The first-order valence-electron chi connectivity index (χ1n) is 4.38. The fourth-order valence-electron chi connectivity index (χ4n) is 0.983. The molecule has 1 aromatic rings. The number of hydrogen-bond donors (Lipinski definition) is 0. The van der Waals surface area contributed by atoms with Crippen LogP contribution < -0.4 is 0 Å². The van der Waals surface area contributed by atoms with Crippen molar-refractivity contribution < 1.29 is 4.74 Å². The third kappa shape index (κ3) is 3.40. The molecule has 14 heavy (non-hydrogen) atoms. The quantitative estimate of drug-likeness (QED) is 0.529. The minimum Gasteiger partial charge on any atom is -0.383 e. The minimum absolute atomic E-state index is 0.557. The molecule has 0 saturated heterocycles. The number of aromatic nitrogens is 2. The Morgan fingerprint density at radius 1 is 1.71 bits per heavy atom. The molecular weight excluding hydrogens is 198 g/mol. The first kappa shape index (κ1) is 11.1. The van der Waals surface area contributed by atoms with E-state index < -0.39 is 0 Å². The van der Waals surface area contributed by atoms with Gasteiger partial charge in [0.05, 0.1) is 12.7 Å². The molecule has 0 saturated carbocycles. The fourth-order valence-corrected chi connectivity index (χ4v) is 1.81. The molecule has 0 fully saturated rings. The van der Waals surface area contributed by atoms with E-state index in [0.29, 0.717) is 13.0 Å². The lowest BCUT2D eigenvalue weighted by molar-refractivity contribution is 0.184. The van der Waals surface area contributed by atoms with E-state index >= 15 is 0 Å². The zero-order chi connectivity index (χ0) is 10.2. The van der Waals surface area contributed by atoms with Gasteiger partial charge < -0.3 is 9.30 Å². The number of ether oxygens (including phenoxy) is 1. The van der Waals surface area contributed by atoms with Crippen molar-refractivity contribution in [1.29, 1.82) is 5.26 Å². The van der Waals surface area contributed by atoms with Gasteiger partial charge in [-0.05, 0) is 0 Å². The molecular formula is C9H13N3OS. The van der Waals surface area contributed by atoms with Crippen molar-refractivity contribution >= 4 is 11.8 Å². The number of imidazole rings is 1. The highest BCUT2D eigenvalue weighted by Crippen LogP contribution is 2.16. The van der Waals surface area contributed by atoms with E-state index in [4.69, 9.17) is 10.00 Å². The fraction of sp³-hybridized carbons (Fsp3) is 0.556. The number of nitriles is 1. The summed E-state index contributed by atoms with van der Waals surface area (Å²) in [5, 5.41) is 9.35. The van der Waals surface area contributed by atoms with Gasteiger partial charge in [0.1, 0.15) is 0 Å². The Morgan fingerprint density at radius 3 is 3.29 bits per heavy atom. The molecule has 0 spiro atoms. The highest BCUT2D eigenvalue weighted by molar-refractivity contribution is 7.99. The van der Waals surface area contributed by atoms with Gasteiger partial charge in [0.15, 0.2) is 5.16 Å². The van der Waals surface area contributed by atoms with Crippen LogP contribution in [-0.4, -0.2) is 29.0 Å². The van der Waals surface area contributed by atoms with Gasteiger partial charge in [0.2, 0.25) is 0 Å². The Labute approximate surface area is 87.9 Å². The van der Waals surface area contributed by atoms with Crippen LogP contribution in [0.4, 0.5) is 0 Å². The van der Waals surface area contributed by atoms with Crippen molar-refractivity contribution in [2.75, 3.05) is 19.5 Å². The van der Waals surface area contributed by atoms with Crippen LogP contribution in [0.1, 0.15) is 6.42 Å². The minimum atomic E-state index is 0.557. The molecule has 4 nitrogen and oxygen atoms in total. The second-order valence-electron chi connectivity index (χ2n) is 2.65. The molecule has 0 amide bonds. The van der Waals surface area contributed by atoms with Crippen LogP contribution in [0, 0.1) is 11.3 Å². The normalized spacial score (nSPS) is 10.0. The lowest BCUT2D eigenvalue weighted by Gasteiger charge is -2.05. The molecule has 0 aliphatic heterocycles. The average molecular weight is 211 g/mol. The lowest BCUT2D eigenvalue weighted by Crippen LogP contribution is -2.04. The SMILES string of the molecule is COCCn1ccnc1SCCC#N. The van der Waals surface area contributed by atoms with E-state index in [9.17, 15) is 0 Å². The van der Waals surface area contributed by atoms with Crippen LogP contribution in [0.2, 0.25) is 0 Å². The van der Waals surface area contributed by atoms with E-state index in [2.05, 4.69) is 11.1 Å². The summed E-state index contributed by atoms with van der Waals surface area (Å²) >= 11 is 1.60. The maximum absolute atomic E-state index is 8.40. The summed E-state index contributed by atoms with van der Waals surface area (Å²) in [6.45, 7) is 1.49. The molecule has 1 aromatic heterocycles. The van der Waals surface area contributed by atoms with Crippen molar-refractivity contribution in [3.05, 3.63) is 12.4 Å². The van der Waals surface area contributed by atoms with Crippen molar-refractivity contribution in [2.24, 2.45) is 0 Å². The highest BCUT2D eigenvalue weighted by atomic mass is 32.2. The van der Waals surface area contributed by atoms with Crippen LogP contribution in [0.5, 0.6) is 0 Å². The number of methoxy groups -OCH3 is 1. The summed E-state index contributed by atoms with van der Waals surface area (Å²) in [7, 11) is 1.68. The predicted molar refractivity (Wildman–Crippen MR) is 55.1 cm³/mol. The van der Waals surface area contributed by atoms with Crippen molar-refractivity contribution in [3.63, 3.8) is 0 Å². The van der Waals surface area contributed by atoms with Gasteiger partial charge in [-0.15, -0.1) is 0 Å². The zero-order valence-electron chi connectivity index (χ0n) is 8.14. The van der Waals surface area contributed by atoms with Crippen LogP contribution in [-0.2, 0) is 11.3 Å². The summed E-state index contributed by atoms with van der Waals surface area (Å²) < 4.78 is 7.02. The third-order valence-electron chi connectivity index (χ3n) is 1.66. The molecule has 0 atom stereocenters. The van der Waals surface area contributed by atoms with Gasteiger partial charge >= 0.3 is 0 Å². The number of rotatable bonds is 6. The second kappa shape index (κ2) is 6.46. The Kier molecular flexibility index (Phi) is 5.12. The third-order valence-corrected chi connectivity index (χ3v) is 2.66. The van der Waals surface area contributed by atoms with Gasteiger partial charge in [0.25, 0.3) is 0 Å². The van der Waals surface area contributed by atoms with Crippen LogP contribution in [0.25, 0.3) is 0 Å². The molecule has 0 aliphatic rings. The Bertz CT molecular complexity index is 305. The van der Waals surface area contributed by atoms with E-state index in [1.165, 1.54) is 0 Å². The summed E-state index contributed by atoms with van der Waals surface area (Å²) in [6, 6.07) is 2.11. The Morgan fingerprint density at radius 2 is 2.57 bits per heavy atom. The average Bonchev–Trinajstić information content (AvgIpc) is 2.63. The molecule has 0 unspecified atom stereocenters. The Balaban J connectivity index is 2.42. The summed E-state index contributed by atoms with van der Waals surface area (Å²) in [4.78, 5) is 4.20. The predicted octanol–water partition coefficient (Wildman–Crippen LogP) is 1.54. The maximum Gasteiger partial charge on any atom is 0.168 e. The van der Waals surface area contributed by atoms with Crippen LogP contribution >= 0.6 is 11.8 Å². The smallest absolute Gasteiger partial charge is 0.168 e. The molecule has 0 aliphatic carbocycles. The van der Waals surface area contributed by atoms with Gasteiger partial charge in [-0.25, -0.2) is 4.98 Å². The summed E-state index contributed by atoms with van der Waals surface area (Å²) in [5.74, 6) is 0.792. The number of hydrogen-bond acceptors (Lipinski definition) is 4.